The molecule has 9 heteroatoms. The van der Waals surface area contributed by atoms with Gasteiger partial charge in [-0.3, -0.25) is 14.4 Å². The van der Waals surface area contributed by atoms with Crippen molar-refractivity contribution in [3.8, 4) is 0 Å². The van der Waals surface area contributed by atoms with Crippen LogP contribution in [0.15, 0.2) is 0 Å². The summed E-state index contributed by atoms with van der Waals surface area (Å²) in [5, 5.41) is 0. The van der Waals surface area contributed by atoms with Crippen molar-refractivity contribution < 1.29 is 38.1 Å². The van der Waals surface area contributed by atoms with E-state index in [1.165, 1.54) is 78.6 Å². The Hall–Kier alpha value is -0.940. The van der Waals surface area contributed by atoms with E-state index in [1.54, 1.807) is 0 Å². The maximum Gasteiger partial charge on any atom is 0.303 e. The highest BCUT2D eigenvalue weighted by Crippen LogP contribution is 2.68. The zero-order valence-corrected chi connectivity index (χ0v) is 33.0. The average molecular weight is 787 g/mol. The molecule has 0 spiro atoms. The molecular weight excluding hydrogens is 723 g/mol. The molecule has 5 aliphatic rings. The molecule has 0 N–H and O–H groups in total. The molecule has 0 amide bonds. The number of hydrogen-bond acceptors (Lipinski definition) is 8. The Kier molecular flexibility index (Phi) is 12.6. The molecule has 274 valence electrons. The second kappa shape index (κ2) is 15.7. The molecule has 4 saturated carbocycles. The van der Waals surface area contributed by atoms with E-state index in [2.05, 4.69) is 57.2 Å². The van der Waals surface area contributed by atoms with E-state index in [1.807, 2.05) is 0 Å². The van der Waals surface area contributed by atoms with Crippen molar-refractivity contribution >= 4 is 40.5 Å². The first-order chi connectivity index (χ1) is 22.6. The first-order valence-corrected chi connectivity index (χ1v) is 20.3. The Morgan fingerprint density at radius 3 is 2.15 bits per heavy atom. The molecular formula is C39H63IO8. The van der Waals surface area contributed by atoms with Gasteiger partial charge in [-0.05, 0) is 110 Å². The molecule has 5 fully saturated rings. The Morgan fingerprint density at radius 2 is 1.48 bits per heavy atom. The van der Waals surface area contributed by atoms with Crippen LogP contribution >= 0.6 is 22.6 Å². The Labute approximate surface area is 303 Å². The summed E-state index contributed by atoms with van der Waals surface area (Å²) in [5.74, 6) is 4.16. The van der Waals surface area contributed by atoms with Gasteiger partial charge in [-0.2, -0.15) is 0 Å². The molecule has 0 bridgehead atoms. The van der Waals surface area contributed by atoms with Gasteiger partial charge in [0.15, 0.2) is 18.5 Å². The van der Waals surface area contributed by atoms with E-state index in [0.29, 0.717) is 16.7 Å². The summed E-state index contributed by atoms with van der Waals surface area (Å²) in [4.78, 5) is 35.8. The van der Waals surface area contributed by atoms with Gasteiger partial charge in [0, 0.05) is 20.8 Å². The molecule has 0 unspecified atom stereocenters. The minimum absolute atomic E-state index is 0.0240. The minimum atomic E-state index is -0.910. The van der Waals surface area contributed by atoms with Crippen molar-refractivity contribution in [3.05, 3.63) is 0 Å². The predicted octanol–water partition coefficient (Wildman–Crippen LogP) is 8.45. The molecule has 14 atom stereocenters. The second-order valence-corrected chi connectivity index (χ2v) is 18.6. The van der Waals surface area contributed by atoms with Crippen LogP contribution in [0.25, 0.3) is 0 Å². The van der Waals surface area contributed by atoms with Crippen molar-refractivity contribution in [3.63, 3.8) is 0 Å². The molecule has 0 aromatic rings. The largest absolute Gasteiger partial charge is 0.463 e. The molecule has 1 aliphatic heterocycles. The fourth-order valence-corrected chi connectivity index (χ4v) is 12.4. The Balaban J connectivity index is 1.24. The molecule has 4 aliphatic carbocycles. The first kappa shape index (κ1) is 38.3. The van der Waals surface area contributed by atoms with Crippen LogP contribution in [0.2, 0.25) is 0 Å². The van der Waals surface area contributed by atoms with E-state index < -0.39 is 46.4 Å². The normalized spacial score (nSPS) is 43.0. The van der Waals surface area contributed by atoms with Gasteiger partial charge in [-0.1, -0.05) is 76.5 Å². The summed E-state index contributed by atoms with van der Waals surface area (Å²) in [7, 11) is 0. The lowest BCUT2D eigenvalue weighted by atomic mass is 9.44. The van der Waals surface area contributed by atoms with Gasteiger partial charge in [0.2, 0.25) is 0 Å². The van der Waals surface area contributed by atoms with Gasteiger partial charge < -0.3 is 23.7 Å². The summed E-state index contributed by atoms with van der Waals surface area (Å²) in [5.41, 5.74) is 0.835. The zero-order valence-electron chi connectivity index (χ0n) is 30.8. The van der Waals surface area contributed by atoms with E-state index >= 15 is 0 Å². The highest BCUT2D eigenvalue weighted by atomic mass is 127. The third kappa shape index (κ3) is 8.08. The topological polar surface area (TPSA) is 97.4 Å². The molecule has 0 aromatic heterocycles. The standard InChI is InChI=1S/C39H63IO8/c1-22(2)10-9-11-23(3)30-14-15-31-29-13-12-27-20-28(16-18-38(27,7)32(29)17-19-39(30,31)8)47-37-34(40)36(46-26(6)43)35(45-25(5)42)33(48-37)21-44-24(4)41/h22-23,27-37H,9-21H2,1-8H3/t23-,27+,28+,29+,30-,31+,32+,33-,34+,35+,36-,37+,38+,39-/m1/s1. The van der Waals surface area contributed by atoms with Crippen LogP contribution in [0.5, 0.6) is 0 Å². The van der Waals surface area contributed by atoms with Gasteiger partial charge in [-0.15, -0.1) is 0 Å². The van der Waals surface area contributed by atoms with Crippen LogP contribution in [0, 0.1) is 52.3 Å². The van der Waals surface area contributed by atoms with Crippen molar-refractivity contribution in [2.75, 3.05) is 6.61 Å². The highest BCUT2D eigenvalue weighted by molar-refractivity contribution is 14.1. The van der Waals surface area contributed by atoms with E-state index in [9.17, 15) is 14.4 Å². The zero-order chi connectivity index (χ0) is 35.0. The quantitative estimate of drug-likeness (QED) is 0.0677. The van der Waals surface area contributed by atoms with Crippen LogP contribution in [0.3, 0.4) is 0 Å². The number of fused-ring (bicyclic) bond motifs is 5. The van der Waals surface area contributed by atoms with Crippen molar-refractivity contribution in [2.24, 2.45) is 52.3 Å². The molecule has 0 aromatic carbocycles. The van der Waals surface area contributed by atoms with E-state index in [-0.39, 0.29) is 12.7 Å². The molecule has 48 heavy (non-hydrogen) atoms. The van der Waals surface area contributed by atoms with Crippen LogP contribution in [-0.2, 0) is 38.1 Å². The number of carbonyl (C=O) groups is 3. The van der Waals surface area contributed by atoms with Gasteiger partial charge in [0.05, 0.1) is 6.10 Å². The molecule has 1 heterocycles. The van der Waals surface area contributed by atoms with Crippen molar-refractivity contribution in [1.82, 2.24) is 0 Å². The number of rotatable bonds is 11. The highest BCUT2D eigenvalue weighted by Gasteiger charge is 2.61. The van der Waals surface area contributed by atoms with Gasteiger partial charge in [-0.25, -0.2) is 0 Å². The van der Waals surface area contributed by atoms with Crippen molar-refractivity contribution in [1.29, 1.82) is 0 Å². The van der Waals surface area contributed by atoms with Gasteiger partial charge in [0.1, 0.15) is 16.6 Å². The number of alkyl halides is 1. The fraction of sp³-hybridized carbons (Fsp3) is 0.923. The maximum absolute atomic E-state index is 12.1. The minimum Gasteiger partial charge on any atom is -0.463 e. The SMILES string of the molecule is CC(=O)OC[C@H]1O[C@H](O[C@H]2CC[C@@]3(C)[C@@H](CC[C@@H]4[C@@H]3CC[C@]3(C)[C@@H]([C@H](C)CCCC(C)C)CC[C@@H]43)C2)[C@@H](I)[C@@H](OC(C)=O)[C@H]1OC(C)=O. The summed E-state index contributed by atoms with van der Waals surface area (Å²) in [6.45, 7) is 16.4. The summed E-state index contributed by atoms with van der Waals surface area (Å²) < 4.78 is 29.3. The molecule has 1 saturated heterocycles. The van der Waals surface area contributed by atoms with E-state index in [4.69, 9.17) is 23.7 Å². The fourth-order valence-electron chi connectivity index (χ4n) is 11.5. The number of esters is 3. The number of hydrogen-bond donors (Lipinski definition) is 0. The summed E-state index contributed by atoms with van der Waals surface area (Å²) >= 11 is 2.19. The van der Waals surface area contributed by atoms with Gasteiger partial charge in [0.25, 0.3) is 0 Å². The van der Waals surface area contributed by atoms with Crippen LogP contribution < -0.4 is 0 Å². The summed E-state index contributed by atoms with van der Waals surface area (Å²) in [6, 6.07) is 0. The first-order valence-electron chi connectivity index (χ1n) is 19.1. The molecule has 5 rings (SSSR count). The number of carbonyl (C=O) groups excluding carboxylic acids is 3. The van der Waals surface area contributed by atoms with Crippen LogP contribution in [0.1, 0.15) is 132 Å². The monoisotopic (exact) mass is 786 g/mol. The lowest BCUT2D eigenvalue weighted by molar-refractivity contribution is -0.277. The summed E-state index contributed by atoms with van der Waals surface area (Å²) in [6.07, 6.45) is 12.3. The van der Waals surface area contributed by atoms with E-state index in [0.717, 1.165) is 54.8 Å². The Bertz CT molecular complexity index is 1150. The predicted molar refractivity (Wildman–Crippen MR) is 192 cm³/mol. The van der Waals surface area contributed by atoms with Crippen LogP contribution in [0.4, 0.5) is 0 Å². The Morgan fingerprint density at radius 1 is 0.812 bits per heavy atom. The second-order valence-electron chi connectivity index (χ2n) is 17.2. The number of halogens is 1. The smallest absolute Gasteiger partial charge is 0.303 e. The lowest BCUT2D eigenvalue weighted by Gasteiger charge is -2.61. The van der Waals surface area contributed by atoms with Crippen LogP contribution in [-0.4, -0.2) is 59.1 Å². The molecule has 0 radical (unpaired) electrons. The third-order valence-electron chi connectivity index (χ3n) is 13.8. The molecule has 8 nitrogen and oxygen atoms in total. The average Bonchev–Trinajstić information content (AvgIpc) is 3.36. The third-order valence-corrected chi connectivity index (χ3v) is 15.1. The lowest BCUT2D eigenvalue weighted by Crippen LogP contribution is -2.61. The van der Waals surface area contributed by atoms with Crippen molar-refractivity contribution in [2.45, 2.75) is 167 Å². The number of ether oxygens (including phenoxy) is 5. The van der Waals surface area contributed by atoms with Gasteiger partial charge >= 0.3 is 17.9 Å². The maximum atomic E-state index is 12.1.